The van der Waals surface area contributed by atoms with Crippen LogP contribution in [0.15, 0.2) is 0 Å². The van der Waals surface area contributed by atoms with E-state index in [-0.39, 0.29) is 24.0 Å². The third-order valence-corrected chi connectivity index (χ3v) is 8.11. The fourth-order valence-corrected chi connectivity index (χ4v) is 6.10. The first-order chi connectivity index (χ1) is 12.4. The Balaban J connectivity index is 0. The SMILES string of the molecule is CCCCCCCCCC[N+](C)(C)CCC[Si](OCC)(OCC)OCC.[I-]. The van der Waals surface area contributed by atoms with Crippen LogP contribution >= 0.6 is 0 Å². The fraction of sp³-hybridized carbons (Fsp3) is 1.00. The average molecular weight is 518 g/mol. The summed E-state index contributed by atoms with van der Waals surface area (Å²) in [5.74, 6) is 0. The predicted octanol–water partition coefficient (Wildman–Crippen LogP) is 2.65. The van der Waals surface area contributed by atoms with E-state index in [4.69, 9.17) is 13.3 Å². The van der Waals surface area contributed by atoms with Crippen molar-refractivity contribution in [1.29, 1.82) is 0 Å². The molecule has 0 fully saturated rings. The van der Waals surface area contributed by atoms with Crippen LogP contribution in [0.3, 0.4) is 0 Å². The summed E-state index contributed by atoms with van der Waals surface area (Å²) in [6.45, 7) is 12.8. The van der Waals surface area contributed by atoms with Gasteiger partial charge in [-0.15, -0.1) is 0 Å². The van der Waals surface area contributed by atoms with E-state index in [1.165, 1.54) is 64.5 Å². The van der Waals surface area contributed by atoms with Crippen LogP contribution in [0.4, 0.5) is 0 Å². The standard InChI is InChI=1S/C21H48NO3Si.HI/c1-7-11-12-13-14-15-16-17-19-22(5,6)20-18-21-26(23-8-2,24-9-3)25-10-4;/h7-21H2,1-6H3;1H/q+1;/p-1. The number of hydrogen-bond acceptors (Lipinski definition) is 3. The maximum absolute atomic E-state index is 5.97. The molecule has 27 heavy (non-hydrogen) atoms. The third kappa shape index (κ3) is 16.3. The van der Waals surface area contributed by atoms with Gasteiger partial charge in [-0.3, -0.25) is 0 Å². The Hall–Kier alpha value is 0.787. The summed E-state index contributed by atoms with van der Waals surface area (Å²) in [6, 6.07) is 0.932. The van der Waals surface area contributed by atoms with Gasteiger partial charge in [0, 0.05) is 32.3 Å². The molecule has 0 bridgehead atoms. The molecule has 0 amide bonds. The second-order valence-electron chi connectivity index (χ2n) is 7.94. The van der Waals surface area contributed by atoms with Crippen LogP contribution in [0.25, 0.3) is 0 Å². The molecule has 0 unspecified atom stereocenters. The third-order valence-electron chi connectivity index (χ3n) is 4.96. The van der Waals surface area contributed by atoms with E-state index in [0.29, 0.717) is 19.8 Å². The van der Waals surface area contributed by atoms with Crippen molar-refractivity contribution in [2.75, 3.05) is 47.0 Å². The van der Waals surface area contributed by atoms with Gasteiger partial charge in [0.1, 0.15) is 0 Å². The van der Waals surface area contributed by atoms with Gasteiger partial charge < -0.3 is 41.7 Å². The number of quaternary nitrogens is 1. The maximum atomic E-state index is 5.97. The van der Waals surface area contributed by atoms with Crippen molar-refractivity contribution >= 4 is 8.80 Å². The summed E-state index contributed by atoms with van der Waals surface area (Å²) in [4.78, 5) is 0. The summed E-state index contributed by atoms with van der Waals surface area (Å²) in [5, 5.41) is 0. The second kappa shape index (κ2) is 18.8. The highest BCUT2D eigenvalue weighted by Crippen LogP contribution is 2.19. The number of rotatable bonds is 19. The molecule has 0 aromatic rings. The molecule has 0 rings (SSSR count). The van der Waals surface area contributed by atoms with E-state index in [2.05, 4.69) is 21.0 Å². The van der Waals surface area contributed by atoms with Crippen molar-refractivity contribution in [1.82, 2.24) is 0 Å². The Bertz CT molecular complexity index is 303. The van der Waals surface area contributed by atoms with Crippen LogP contribution in [0, 0.1) is 0 Å². The first-order valence-corrected chi connectivity index (χ1v) is 13.1. The molecule has 166 valence electrons. The summed E-state index contributed by atoms with van der Waals surface area (Å²) in [6.07, 6.45) is 12.2. The lowest BCUT2D eigenvalue weighted by molar-refractivity contribution is -0.890. The van der Waals surface area contributed by atoms with Gasteiger partial charge in [0.25, 0.3) is 0 Å². The van der Waals surface area contributed by atoms with Crippen LogP contribution in [0.2, 0.25) is 6.04 Å². The monoisotopic (exact) mass is 517 g/mol. The Morgan fingerprint density at radius 2 is 1.00 bits per heavy atom. The Kier molecular flexibility index (Phi) is 20.9. The highest BCUT2D eigenvalue weighted by Gasteiger charge is 2.40. The van der Waals surface area contributed by atoms with E-state index in [0.717, 1.165) is 16.9 Å². The molecule has 0 radical (unpaired) electrons. The van der Waals surface area contributed by atoms with Crippen LogP contribution in [-0.4, -0.2) is 60.3 Å². The minimum absolute atomic E-state index is 0. The molecule has 0 spiro atoms. The van der Waals surface area contributed by atoms with Crippen molar-refractivity contribution in [3.8, 4) is 0 Å². The average Bonchev–Trinajstić information content (AvgIpc) is 2.58. The minimum Gasteiger partial charge on any atom is -1.00 e. The summed E-state index contributed by atoms with van der Waals surface area (Å²) in [5.41, 5.74) is 0. The molecule has 0 aromatic carbocycles. The van der Waals surface area contributed by atoms with Gasteiger partial charge >= 0.3 is 8.80 Å². The van der Waals surface area contributed by atoms with Gasteiger partial charge in [0.2, 0.25) is 0 Å². The van der Waals surface area contributed by atoms with E-state index in [9.17, 15) is 0 Å². The topological polar surface area (TPSA) is 27.7 Å². The van der Waals surface area contributed by atoms with Crippen molar-refractivity contribution in [2.24, 2.45) is 0 Å². The van der Waals surface area contributed by atoms with Gasteiger partial charge in [-0.25, -0.2) is 0 Å². The van der Waals surface area contributed by atoms with Gasteiger partial charge in [0.15, 0.2) is 0 Å². The van der Waals surface area contributed by atoms with Crippen LogP contribution < -0.4 is 24.0 Å². The molecule has 0 aromatic heterocycles. The molecular weight excluding hydrogens is 469 g/mol. The smallest absolute Gasteiger partial charge is 0.501 e. The summed E-state index contributed by atoms with van der Waals surface area (Å²) in [7, 11) is 2.24. The highest BCUT2D eigenvalue weighted by atomic mass is 127. The molecule has 0 aliphatic heterocycles. The second-order valence-corrected chi connectivity index (χ2v) is 10.7. The normalized spacial score (nSPS) is 12.2. The summed E-state index contributed by atoms with van der Waals surface area (Å²) < 4.78 is 19.0. The van der Waals surface area contributed by atoms with Crippen LogP contribution in [0.1, 0.15) is 85.5 Å². The quantitative estimate of drug-likeness (QED) is 0.114. The van der Waals surface area contributed by atoms with Crippen molar-refractivity contribution in [3.63, 3.8) is 0 Å². The molecule has 0 aliphatic carbocycles. The van der Waals surface area contributed by atoms with Gasteiger partial charge in [0.05, 0.1) is 27.2 Å². The molecule has 0 aliphatic rings. The number of hydrogen-bond donors (Lipinski definition) is 0. The first-order valence-electron chi connectivity index (χ1n) is 11.2. The van der Waals surface area contributed by atoms with E-state index in [1.54, 1.807) is 0 Å². The Morgan fingerprint density at radius 3 is 1.44 bits per heavy atom. The number of unbranched alkanes of at least 4 members (excludes halogenated alkanes) is 7. The van der Waals surface area contributed by atoms with E-state index < -0.39 is 8.80 Å². The zero-order valence-electron chi connectivity index (χ0n) is 19.2. The lowest BCUT2D eigenvalue weighted by atomic mass is 10.1. The summed E-state index contributed by atoms with van der Waals surface area (Å²) >= 11 is 0. The lowest BCUT2D eigenvalue weighted by Gasteiger charge is -2.32. The molecule has 6 heteroatoms. The molecule has 0 heterocycles. The van der Waals surface area contributed by atoms with Gasteiger partial charge in [-0.1, -0.05) is 45.4 Å². The molecule has 0 atom stereocenters. The van der Waals surface area contributed by atoms with E-state index in [1.807, 2.05) is 20.8 Å². The van der Waals surface area contributed by atoms with Crippen LogP contribution in [-0.2, 0) is 13.3 Å². The number of halogens is 1. The maximum Gasteiger partial charge on any atom is 0.501 e. The molecule has 0 N–H and O–H groups in total. The van der Waals surface area contributed by atoms with Gasteiger partial charge in [-0.2, -0.15) is 0 Å². The molecule has 0 saturated heterocycles. The Labute approximate surface area is 188 Å². The van der Waals surface area contributed by atoms with Crippen LogP contribution in [0.5, 0.6) is 0 Å². The van der Waals surface area contributed by atoms with E-state index >= 15 is 0 Å². The first kappa shape index (κ1) is 30.0. The zero-order chi connectivity index (χ0) is 19.7. The zero-order valence-corrected chi connectivity index (χ0v) is 22.3. The largest absolute Gasteiger partial charge is 1.00 e. The van der Waals surface area contributed by atoms with Crippen molar-refractivity contribution < 1.29 is 41.7 Å². The van der Waals surface area contributed by atoms with Crippen molar-refractivity contribution in [2.45, 2.75) is 91.5 Å². The fourth-order valence-electron chi connectivity index (χ4n) is 3.51. The lowest BCUT2D eigenvalue weighted by Crippen LogP contribution is -3.00. The number of nitrogens with zero attached hydrogens (tertiary/aromatic N) is 1. The predicted molar refractivity (Wildman–Crippen MR) is 115 cm³/mol. The minimum atomic E-state index is -2.47. The molecule has 0 saturated carbocycles. The molecule has 4 nitrogen and oxygen atoms in total. The Morgan fingerprint density at radius 1 is 0.593 bits per heavy atom. The van der Waals surface area contributed by atoms with Gasteiger partial charge in [-0.05, 0) is 33.6 Å². The molecular formula is C21H48INO3Si. The van der Waals surface area contributed by atoms with Crippen molar-refractivity contribution in [3.05, 3.63) is 0 Å². The highest BCUT2D eigenvalue weighted by molar-refractivity contribution is 6.60.